The van der Waals surface area contributed by atoms with Crippen LogP contribution < -0.4 is 4.90 Å². The molecule has 0 amide bonds. The maximum atomic E-state index is 2.56. The van der Waals surface area contributed by atoms with Gasteiger partial charge in [-0.15, -0.1) is 0 Å². The van der Waals surface area contributed by atoms with Gasteiger partial charge in [0, 0.05) is 44.5 Å². The molecular formula is C64H46N2. The summed E-state index contributed by atoms with van der Waals surface area (Å²) < 4.78 is 2.50. The monoisotopic (exact) mass is 842 g/mol. The Morgan fingerprint density at radius 3 is 1.70 bits per heavy atom. The minimum atomic E-state index is -0.569. The number of benzene rings is 10. The maximum absolute atomic E-state index is 2.56. The summed E-state index contributed by atoms with van der Waals surface area (Å²) in [4.78, 5) is 2.39. The number of fused-ring (bicyclic) bond motifs is 10. The van der Waals surface area contributed by atoms with Gasteiger partial charge in [0.15, 0.2) is 0 Å². The topological polar surface area (TPSA) is 8.17 Å². The molecule has 2 heteroatoms. The third-order valence-corrected chi connectivity index (χ3v) is 14.7. The van der Waals surface area contributed by atoms with E-state index in [4.69, 9.17) is 0 Å². The number of hydrogen-bond donors (Lipinski definition) is 0. The summed E-state index contributed by atoms with van der Waals surface area (Å²) in [7, 11) is 0. The van der Waals surface area contributed by atoms with Crippen LogP contribution >= 0.6 is 0 Å². The van der Waals surface area contributed by atoms with Crippen molar-refractivity contribution >= 4 is 38.9 Å². The summed E-state index contributed by atoms with van der Waals surface area (Å²) in [6.07, 6.45) is 0. The smallest absolute Gasteiger partial charge is 0.0714 e. The summed E-state index contributed by atoms with van der Waals surface area (Å²) in [6.45, 7) is 4.83. The maximum Gasteiger partial charge on any atom is 0.0714 e. The Bertz CT molecular complexity index is 3640. The highest BCUT2D eigenvalue weighted by Crippen LogP contribution is 2.60. The largest absolute Gasteiger partial charge is 0.310 e. The van der Waals surface area contributed by atoms with Gasteiger partial charge in [0.25, 0.3) is 0 Å². The van der Waals surface area contributed by atoms with Crippen molar-refractivity contribution in [2.24, 2.45) is 0 Å². The second-order valence-electron chi connectivity index (χ2n) is 18.4. The van der Waals surface area contributed by atoms with Crippen molar-refractivity contribution in [3.8, 4) is 39.1 Å². The molecule has 0 saturated carbocycles. The SMILES string of the molecule is CC1(C)c2cc(N(c3ccccc3)c3ccc(-c4ccccc4)cc3)ccc2-c2ccc(C3(c4ccccc4)c4ccccc4-c4c3ccc3c5ccccc5n(-c5ccccc5)c43)cc21. The van der Waals surface area contributed by atoms with Crippen LogP contribution in [0.25, 0.3) is 60.9 Å². The standard InChI is InChI=1S/C64H46N2/c1-63(2)58-41-46(33-37-51(58)52-38-36-50(42-59(52)63)65(47-23-11-5-12-24-47)49-34-31-44(32-35-49)43-19-7-3-8-20-43)64(45-21-9-4-10-22-45)56-29-17-15-28-55(56)61-57(64)40-39-54-53-27-16-18-30-60(53)66(62(54)61)48-25-13-6-14-26-48/h3-42H,1-2H3. The van der Waals surface area contributed by atoms with Crippen LogP contribution in [0.4, 0.5) is 17.1 Å². The Labute approximate surface area is 386 Å². The lowest BCUT2D eigenvalue weighted by Crippen LogP contribution is -2.29. The fourth-order valence-corrected chi connectivity index (χ4v) is 11.7. The van der Waals surface area contributed by atoms with Crippen molar-refractivity contribution in [2.75, 3.05) is 4.90 Å². The van der Waals surface area contributed by atoms with E-state index < -0.39 is 5.41 Å². The normalized spacial score (nSPS) is 15.3. The minimum Gasteiger partial charge on any atom is -0.310 e. The summed E-state index contributed by atoms with van der Waals surface area (Å²) in [5.41, 5.74) is 21.7. The average Bonchev–Trinajstić information content (AvgIpc) is 3.96. The zero-order chi connectivity index (χ0) is 44.0. The van der Waals surface area contributed by atoms with E-state index in [0.29, 0.717) is 0 Å². The van der Waals surface area contributed by atoms with Crippen LogP contribution in [0.3, 0.4) is 0 Å². The van der Waals surface area contributed by atoms with E-state index in [2.05, 4.69) is 266 Å². The molecule has 0 bridgehead atoms. The first-order chi connectivity index (χ1) is 32.5. The van der Waals surface area contributed by atoms with Gasteiger partial charge in [0.2, 0.25) is 0 Å². The summed E-state index contributed by atoms with van der Waals surface area (Å²) in [5, 5.41) is 2.53. The van der Waals surface area contributed by atoms with Crippen molar-refractivity contribution in [1.29, 1.82) is 0 Å². The second-order valence-corrected chi connectivity index (χ2v) is 18.4. The number of anilines is 3. The summed E-state index contributed by atoms with van der Waals surface area (Å²) in [6, 6.07) is 89.9. The summed E-state index contributed by atoms with van der Waals surface area (Å²) >= 11 is 0. The van der Waals surface area contributed by atoms with Crippen molar-refractivity contribution in [1.82, 2.24) is 4.57 Å². The Kier molecular flexibility index (Phi) is 8.51. The molecule has 312 valence electrons. The van der Waals surface area contributed by atoms with Gasteiger partial charge in [0.05, 0.1) is 16.4 Å². The zero-order valence-corrected chi connectivity index (χ0v) is 37.0. The van der Waals surface area contributed by atoms with Gasteiger partial charge in [-0.2, -0.15) is 0 Å². The van der Waals surface area contributed by atoms with Gasteiger partial charge in [-0.25, -0.2) is 0 Å². The molecule has 2 aliphatic carbocycles. The third-order valence-electron chi connectivity index (χ3n) is 14.7. The van der Waals surface area contributed by atoms with E-state index in [9.17, 15) is 0 Å². The van der Waals surface area contributed by atoms with Crippen molar-refractivity contribution < 1.29 is 0 Å². The van der Waals surface area contributed by atoms with E-state index in [-0.39, 0.29) is 5.41 Å². The van der Waals surface area contributed by atoms with Gasteiger partial charge >= 0.3 is 0 Å². The van der Waals surface area contributed by atoms with Crippen LogP contribution in [0.5, 0.6) is 0 Å². The molecule has 0 aliphatic heterocycles. The lowest BCUT2D eigenvalue weighted by molar-refractivity contribution is 0.655. The molecule has 66 heavy (non-hydrogen) atoms. The van der Waals surface area contributed by atoms with Crippen molar-refractivity contribution in [2.45, 2.75) is 24.7 Å². The molecule has 0 saturated heterocycles. The summed E-state index contributed by atoms with van der Waals surface area (Å²) in [5.74, 6) is 0. The molecule has 1 atom stereocenters. The van der Waals surface area contributed by atoms with E-state index >= 15 is 0 Å². The van der Waals surface area contributed by atoms with Crippen LogP contribution in [-0.2, 0) is 10.8 Å². The Morgan fingerprint density at radius 1 is 0.364 bits per heavy atom. The molecule has 0 radical (unpaired) electrons. The van der Waals surface area contributed by atoms with Crippen LogP contribution in [0.2, 0.25) is 0 Å². The molecular weight excluding hydrogens is 797 g/mol. The van der Waals surface area contributed by atoms with E-state index in [1.807, 2.05) is 0 Å². The second kappa shape index (κ2) is 14.7. The number of nitrogens with zero attached hydrogens (tertiary/aromatic N) is 2. The van der Waals surface area contributed by atoms with Gasteiger partial charge < -0.3 is 9.47 Å². The predicted molar refractivity (Wildman–Crippen MR) is 276 cm³/mol. The van der Waals surface area contributed by atoms with Gasteiger partial charge in [-0.1, -0.05) is 202 Å². The highest BCUT2D eigenvalue weighted by Gasteiger charge is 2.48. The average molecular weight is 843 g/mol. The molecule has 0 N–H and O–H groups in total. The lowest BCUT2D eigenvalue weighted by Gasteiger charge is -2.35. The predicted octanol–water partition coefficient (Wildman–Crippen LogP) is 16.6. The van der Waals surface area contributed by atoms with Crippen LogP contribution in [0.15, 0.2) is 243 Å². The molecule has 1 unspecified atom stereocenters. The molecule has 13 rings (SSSR count). The van der Waals surface area contributed by atoms with E-state index in [1.54, 1.807) is 0 Å². The molecule has 1 aromatic heterocycles. The molecule has 11 aromatic rings. The van der Waals surface area contributed by atoms with Crippen LogP contribution in [-0.4, -0.2) is 4.57 Å². The molecule has 0 fully saturated rings. The van der Waals surface area contributed by atoms with Gasteiger partial charge in [0.1, 0.15) is 0 Å². The number of hydrogen-bond acceptors (Lipinski definition) is 1. The first-order valence-corrected chi connectivity index (χ1v) is 23.1. The van der Waals surface area contributed by atoms with Crippen molar-refractivity contribution in [3.63, 3.8) is 0 Å². The number of rotatable bonds is 7. The molecule has 2 aliphatic rings. The van der Waals surface area contributed by atoms with Gasteiger partial charge in [-0.3, -0.25) is 0 Å². The minimum absolute atomic E-state index is 0.279. The molecule has 10 aromatic carbocycles. The lowest BCUT2D eigenvalue weighted by atomic mass is 9.66. The quantitative estimate of drug-likeness (QED) is 0.155. The number of aromatic nitrogens is 1. The fourth-order valence-electron chi connectivity index (χ4n) is 11.7. The highest BCUT2D eigenvalue weighted by molar-refractivity contribution is 6.16. The fraction of sp³-hybridized carbons (Fsp3) is 0.0625. The molecule has 0 spiro atoms. The Hall–Kier alpha value is -8.20. The highest BCUT2D eigenvalue weighted by atomic mass is 15.1. The Balaban J connectivity index is 1.00. The molecule has 2 nitrogen and oxygen atoms in total. The van der Waals surface area contributed by atoms with E-state index in [1.165, 1.54) is 94.3 Å². The Morgan fingerprint density at radius 2 is 0.939 bits per heavy atom. The van der Waals surface area contributed by atoms with Crippen LogP contribution in [0.1, 0.15) is 47.2 Å². The van der Waals surface area contributed by atoms with Crippen LogP contribution in [0, 0.1) is 0 Å². The number of para-hydroxylation sites is 3. The molecule has 1 heterocycles. The third kappa shape index (κ3) is 5.48. The zero-order valence-electron chi connectivity index (χ0n) is 37.0. The first-order valence-electron chi connectivity index (χ1n) is 23.1. The van der Waals surface area contributed by atoms with Crippen molar-refractivity contribution in [3.05, 3.63) is 276 Å². The van der Waals surface area contributed by atoms with E-state index in [0.717, 1.165) is 17.1 Å². The van der Waals surface area contributed by atoms with Gasteiger partial charge in [-0.05, 0) is 116 Å². The first kappa shape index (κ1) is 38.3.